The predicted octanol–water partition coefficient (Wildman–Crippen LogP) is 3.87. The predicted molar refractivity (Wildman–Crippen MR) is 90.0 cm³/mol. The van der Waals surface area contributed by atoms with Gasteiger partial charge in [0.25, 0.3) is 0 Å². The monoisotopic (exact) mass is 343 g/mol. The van der Waals surface area contributed by atoms with Crippen molar-refractivity contribution in [2.24, 2.45) is 5.73 Å². The zero-order chi connectivity index (χ0) is 15.1. The summed E-state index contributed by atoms with van der Waals surface area (Å²) in [6, 6.07) is 20.5. The lowest BCUT2D eigenvalue weighted by Gasteiger charge is -2.33. The minimum absolute atomic E-state index is 0.0539. The van der Waals surface area contributed by atoms with Crippen molar-refractivity contribution in [1.29, 1.82) is 5.26 Å². The van der Waals surface area contributed by atoms with Crippen molar-refractivity contribution >= 4 is 21.6 Å². The molecule has 0 aliphatic carbocycles. The summed E-state index contributed by atoms with van der Waals surface area (Å²) in [7, 11) is 0. The molecule has 0 saturated heterocycles. The minimum atomic E-state index is 0.0539. The molecule has 2 aromatic carbocycles. The van der Waals surface area contributed by atoms with E-state index in [9.17, 15) is 0 Å². The maximum atomic E-state index is 8.92. The summed E-state index contributed by atoms with van der Waals surface area (Å²) >= 11 is 3.51. The average molecular weight is 344 g/mol. The number of hydrogen-bond donors (Lipinski definition) is 1. The quantitative estimate of drug-likeness (QED) is 0.866. The summed E-state index contributed by atoms with van der Waals surface area (Å²) in [5.41, 5.74) is 8.26. The number of nitriles is 1. The summed E-state index contributed by atoms with van der Waals surface area (Å²) in [6.07, 6.45) is 0.472. The maximum Gasteiger partial charge on any atom is 0.0665 e. The lowest BCUT2D eigenvalue weighted by molar-refractivity contribution is 0.631. The molecule has 0 spiro atoms. The Bertz CT molecular complexity index is 607. The second kappa shape index (κ2) is 7.82. The molecule has 0 fully saturated rings. The van der Waals surface area contributed by atoms with Gasteiger partial charge >= 0.3 is 0 Å². The van der Waals surface area contributed by atoms with E-state index in [2.05, 4.69) is 51.2 Å². The summed E-state index contributed by atoms with van der Waals surface area (Å²) < 4.78 is 1.03. The zero-order valence-electron chi connectivity index (χ0n) is 11.7. The van der Waals surface area contributed by atoms with Gasteiger partial charge in [-0.05, 0) is 29.8 Å². The highest BCUT2D eigenvalue weighted by Crippen LogP contribution is 2.28. The first kappa shape index (κ1) is 15.6. The van der Waals surface area contributed by atoms with Gasteiger partial charge in [-0.2, -0.15) is 5.26 Å². The minimum Gasteiger partial charge on any atom is -0.362 e. The standard InChI is InChI=1S/C17H18BrN3/c18-15-7-4-6-14(12-15)17(13-20)21(11-5-10-19)16-8-2-1-3-9-16/h1-4,6-9,12,17H,5,11,13,20H2. The Morgan fingerprint density at radius 2 is 1.90 bits per heavy atom. The van der Waals surface area contributed by atoms with Gasteiger partial charge < -0.3 is 10.6 Å². The van der Waals surface area contributed by atoms with Crippen LogP contribution in [0.4, 0.5) is 5.69 Å². The van der Waals surface area contributed by atoms with E-state index in [1.165, 1.54) is 0 Å². The maximum absolute atomic E-state index is 8.92. The van der Waals surface area contributed by atoms with E-state index in [1.807, 2.05) is 30.3 Å². The third-order valence-corrected chi connectivity index (χ3v) is 3.88. The third kappa shape index (κ3) is 4.07. The molecule has 0 saturated carbocycles. The molecule has 2 rings (SSSR count). The molecule has 108 valence electrons. The molecular weight excluding hydrogens is 326 g/mol. The first-order valence-corrected chi connectivity index (χ1v) is 7.69. The lowest BCUT2D eigenvalue weighted by Crippen LogP contribution is -2.34. The second-order valence-electron chi connectivity index (χ2n) is 4.74. The number of hydrogen-bond acceptors (Lipinski definition) is 3. The van der Waals surface area contributed by atoms with Crippen LogP contribution in [-0.2, 0) is 0 Å². The van der Waals surface area contributed by atoms with Gasteiger partial charge in [0.1, 0.15) is 0 Å². The Morgan fingerprint density at radius 3 is 2.52 bits per heavy atom. The number of nitrogens with zero attached hydrogens (tertiary/aromatic N) is 2. The summed E-state index contributed by atoms with van der Waals surface area (Å²) in [4.78, 5) is 2.20. The van der Waals surface area contributed by atoms with Gasteiger partial charge in [0, 0.05) is 23.2 Å². The fourth-order valence-corrected chi connectivity index (χ4v) is 2.83. The molecule has 0 aliphatic rings. The fourth-order valence-electron chi connectivity index (χ4n) is 2.41. The van der Waals surface area contributed by atoms with E-state index < -0.39 is 0 Å². The van der Waals surface area contributed by atoms with Crippen LogP contribution in [-0.4, -0.2) is 13.1 Å². The normalized spacial score (nSPS) is 11.7. The highest BCUT2D eigenvalue weighted by Gasteiger charge is 2.19. The van der Waals surface area contributed by atoms with Crippen molar-refractivity contribution in [2.45, 2.75) is 12.5 Å². The van der Waals surface area contributed by atoms with Gasteiger partial charge in [-0.15, -0.1) is 0 Å². The van der Waals surface area contributed by atoms with E-state index in [4.69, 9.17) is 11.0 Å². The highest BCUT2D eigenvalue weighted by molar-refractivity contribution is 9.10. The summed E-state index contributed by atoms with van der Waals surface area (Å²) in [5.74, 6) is 0. The van der Waals surface area contributed by atoms with E-state index in [0.29, 0.717) is 19.5 Å². The van der Waals surface area contributed by atoms with Crippen LogP contribution in [0.2, 0.25) is 0 Å². The van der Waals surface area contributed by atoms with E-state index >= 15 is 0 Å². The Balaban J connectivity index is 2.35. The van der Waals surface area contributed by atoms with Crippen molar-refractivity contribution in [2.75, 3.05) is 18.0 Å². The second-order valence-corrected chi connectivity index (χ2v) is 5.66. The first-order chi connectivity index (χ1) is 10.3. The van der Waals surface area contributed by atoms with Gasteiger partial charge in [-0.25, -0.2) is 0 Å². The lowest BCUT2D eigenvalue weighted by atomic mass is 10.0. The van der Waals surface area contributed by atoms with Gasteiger partial charge in [-0.1, -0.05) is 46.3 Å². The largest absolute Gasteiger partial charge is 0.362 e. The fraction of sp³-hybridized carbons (Fsp3) is 0.235. The Morgan fingerprint density at radius 1 is 1.14 bits per heavy atom. The molecular formula is C17H18BrN3. The molecule has 0 amide bonds. The topological polar surface area (TPSA) is 53.0 Å². The summed E-state index contributed by atoms with van der Waals surface area (Å²) in [6.45, 7) is 1.16. The molecule has 2 aromatic rings. The average Bonchev–Trinajstić information content (AvgIpc) is 2.52. The van der Waals surface area contributed by atoms with Crippen LogP contribution >= 0.6 is 15.9 Å². The number of rotatable bonds is 6. The Labute approximate surface area is 134 Å². The molecule has 2 N–H and O–H groups in total. The van der Waals surface area contributed by atoms with Crippen LogP contribution in [0.25, 0.3) is 0 Å². The highest BCUT2D eigenvalue weighted by atomic mass is 79.9. The van der Waals surface area contributed by atoms with Gasteiger partial charge in [0.05, 0.1) is 18.5 Å². The van der Waals surface area contributed by atoms with Gasteiger partial charge in [0.15, 0.2) is 0 Å². The van der Waals surface area contributed by atoms with Crippen LogP contribution in [0.5, 0.6) is 0 Å². The van der Waals surface area contributed by atoms with E-state index in [0.717, 1.165) is 15.7 Å². The van der Waals surface area contributed by atoms with Gasteiger partial charge in [0.2, 0.25) is 0 Å². The molecule has 0 bridgehead atoms. The van der Waals surface area contributed by atoms with Crippen molar-refractivity contribution < 1.29 is 0 Å². The Kier molecular flexibility index (Phi) is 5.79. The molecule has 21 heavy (non-hydrogen) atoms. The molecule has 3 nitrogen and oxygen atoms in total. The molecule has 1 atom stereocenters. The van der Waals surface area contributed by atoms with Crippen molar-refractivity contribution in [1.82, 2.24) is 0 Å². The van der Waals surface area contributed by atoms with E-state index in [1.54, 1.807) is 0 Å². The van der Waals surface area contributed by atoms with Crippen LogP contribution in [0.15, 0.2) is 59.1 Å². The van der Waals surface area contributed by atoms with Gasteiger partial charge in [-0.3, -0.25) is 0 Å². The summed E-state index contributed by atoms with van der Waals surface area (Å²) in [5, 5.41) is 8.92. The molecule has 0 heterocycles. The molecule has 0 aliphatic heterocycles. The van der Waals surface area contributed by atoms with Crippen molar-refractivity contribution in [3.63, 3.8) is 0 Å². The van der Waals surface area contributed by atoms with Crippen molar-refractivity contribution in [3.8, 4) is 6.07 Å². The molecule has 1 unspecified atom stereocenters. The molecule has 0 radical (unpaired) electrons. The molecule has 4 heteroatoms. The smallest absolute Gasteiger partial charge is 0.0665 e. The number of benzene rings is 2. The first-order valence-electron chi connectivity index (χ1n) is 6.90. The zero-order valence-corrected chi connectivity index (χ0v) is 13.3. The number of halogens is 1. The SMILES string of the molecule is N#CCCN(c1ccccc1)C(CN)c1cccc(Br)c1. The van der Waals surface area contributed by atoms with Crippen molar-refractivity contribution in [3.05, 3.63) is 64.6 Å². The van der Waals surface area contributed by atoms with Crippen LogP contribution < -0.4 is 10.6 Å². The third-order valence-electron chi connectivity index (χ3n) is 3.39. The molecule has 0 aromatic heterocycles. The number of anilines is 1. The number of para-hydroxylation sites is 1. The van der Waals surface area contributed by atoms with Crippen LogP contribution in [0, 0.1) is 11.3 Å². The Hall–Kier alpha value is -1.83. The van der Waals surface area contributed by atoms with Crippen LogP contribution in [0.1, 0.15) is 18.0 Å². The number of nitrogens with two attached hydrogens (primary N) is 1. The van der Waals surface area contributed by atoms with Crippen LogP contribution in [0.3, 0.4) is 0 Å². The van der Waals surface area contributed by atoms with E-state index in [-0.39, 0.29) is 6.04 Å².